The maximum atomic E-state index is 12.8. The third kappa shape index (κ3) is 3.70. The highest BCUT2D eigenvalue weighted by Gasteiger charge is 2.31. The lowest BCUT2D eigenvalue weighted by molar-refractivity contribution is -0.133. The summed E-state index contributed by atoms with van der Waals surface area (Å²) in [5.74, 6) is 0.550. The van der Waals surface area contributed by atoms with Crippen LogP contribution in [0.1, 0.15) is 24.9 Å². The number of methoxy groups -OCH3 is 1. The van der Waals surface area contributed by atoms with Gasteiger partial charge in [-0.1, -0.05) is 30.3 Å². The van der Waals surface area contributed by atoms with Crippen molar-refractivity contribution in [2.75, 3.05) is 19.5 Å². The third-order valence-electron chi connectivity index (χ3n) is 4.63. The Morgan fingerprint density at radius 1 is 1.23 bits per heavy atom. The lowest BCUT2D eigenvalue weighted by atomic mass is 10.1. The average Bonchev–Trinajstić information content (AvgIpc) is 2.67. The van der Waals surface area contributed by atoms with E-state index in [1.165, 1.54) is 11.8 Å². The van der Waals surface area contributed by atoms with E-state index in [2.05, 4.69) is 5.32 Å². The molecule has 0 saturated heterocycles. The largest absolute Gasteiger partial charge is 0.496 e. The molecule has 1 aliphatic rings. The minimum Gasteiger partial charge on any atom is -0.496 e. The summed E-state index contributed by atoms with van der Waals surface area (Å²) in [5, 5.41) is 2.46. The molecule has 0 radical (unpaired) electrons. The molecule has 0 bridgehead atoms. The zero-order chi connectivity index (χ0) is 18.7. The van der Waals surface area contributed by atoms with Crippen molar-refractivity contribution in [3.8, 4) is 5.75 Å². The summed E-state index contributed by atoms with van der Waals surface area (Å²) >= 11 is 1.44. The molecule has 1 heterocycles. The Balaban J connectivity index is 1.70. The second-order valence-corrected chi connectivity index (χ2v) is 7.46. The number of rotatable bonds is 5. The Hall–Kier alpha value is -2.47. The standard InChI is InChI=1S/C20H22N2O3S/c1-13(14-8-4-6-10-16(14)25-3)22(2)19(23)12-18-20(24)21-15-9-5-7-11-17(15)26-18/h4-11,13,18H,12H2,1-3H3,(H,21,24). The van der Waals surface area contributed by atoms with Crippen LogP contribution in [0.4, 0.5) is 5.69 Å². The summed E-state index contributed by atoms with van der Waals surface area (Å²) < 4.78 is 5.40. The molecule has 1 aliphatic heterocycles. The maximum Gasteiger partial charge on any atom is 0.238 e. The minimum atomic E-state index is -0.426. The second kappa shape index (κ2) is 7.83. The Bertz CT molecular complexity index is 824. The molecule has 3 rings (SSSR count). The van der Waals surface area contributed by atoms with Gasteiger partial charge in [-0.15, -0.1) is 11.8 Å². The molecular formula is C20H22N2O3S. The van der Waals surface area contributed by atoms with Crippen molar-refractivity contribution in [1.29, 1.82) is 0 Å². The summed E-state index contributed by atoms with van der Waals surface area (Å²) in [4.78, 5) is 27.8. The fourth-order valence-electron chi connectivity index (χ4n) is 2.97. The molecule has 2 aromatic rings. The summed E-state index contributed by atoms with van der Waals surface area (Å²) in [6.45, 7) is 1.96. The van der Waals surface area contributed by atoms with Gasteiger partial charge in [0.15, 0.2) is 0 Å². The van der Waals surface area contributed by atoms with Crippen molar-refractivity contribution in [1.82, 2.24) is 4.90 Å². The first-order chi connectivity index (χ1) is 12.5. The van der Waals surface area contributed by atoms with Gasteiger partial charge in [-0.3, -0.25) is 9.59 Å². The van der Waals surface area contributed by atoms with E-state index < -0.39 is 5.25 Å². The van der Waals surface area contributed by atoms with E-state index in [0.29, 0.717) is 0 Å². The molecule has 0 saturated carbocycles. The van der Waals surface area contributed by atoms with Gasteiger partial charge in [0.05, 0.1) is 24.1 Å². The van der Waals surface area contributed by atoms with Crippen LogP contribution in [-0.2, 0) is 9.59 Å². The van der Waals surface area contributed by atoms with Crippen LogP contribution in [0.25, 0.3) is 0 Å². The molecule has 0 aliphatic carbocycles. The zero-order valence-corrected chi connectivity index (χ0v) is 15.9. The molecule has 2 unspecified atom stereocenters. The normalized spacial score (nSPS) is 17.0. The number of ether oxygens (including phenoxy) is 1. The Morgan fingerprint density at radius 2 is 1.92 bits per heavy atom. The molecule has 1 N–H and O–H groups in total. The Morgan fingerprint density at radius 3 is 2.69 bits per heavy atom. The number of nitrogens with one attached hydrogen (secondary N) is 1. The van der Waals surface area contributed by atoms with Crippen molar-refractivity contribution in [3.63, 3.8) is 0 Å². The summed E-state index contributed by atoms with van der Waals surface area (Å²) in [6.07, 6.45) is 0.154. The molecule has 5 nitrogen and oxygen atoms in total. The van der Waals surface area contributed by atoms with Crippen molar-refractivity contribution in [2.45, 2.75) is 29.5 Å². The highest BCUT2D eigenvalue weighted by atomic mass is 32.2. The topological polar surface area (TPSA) is 58.6 Å². The van der Waals surface area contributed by atoms with Crippen LogP contribution < -0.4 is 10.1 Å². The van der Waals surface area contributed by atoms with Crippen LogP contribution in [0.2, 0.25) is 0 Å². The second-order valence-electron chi connectivity index (χ2n) is 6.22. The predicted octanol–water partition coefficient (Wildman–Crippen LogP) is 3.72. The van der Waals surface area contributed by atoms with Crippen LogP contribution >= 0.6 is 11.8 Å². The first kappa shape index (κ1) is 18.3. The number of hydrogen-bond acceptors (Lipinski definition) is 4. The quantitative estimate of drug-likeness (QED) is 0.871. The fourth-order valence-corrected chi connectivity index (χ4v) is 4.07. The number of thioether (sulfide) groups is 1. The lowest BCUT2D eigenvalue weighted by Gasteiger charge is -2.29. The summed E-state index contributed by atoms with van der Waals surface area (Å²) in [7, 11) is 3.38. The number of hydrogen-bond donors (Lipinski definition) is 1. The van der Waals surface area contributed by atoms with Gasteiger partial charge in [0.25, 0.3) is 0 Å². The third-order valence-corrected chi connectivity index (χ3v) is 5.91. The highest BCUT2D eigenvalue weighted by Crippen LogP contribution is 2.37. The number of carbonyl (C=O) groups is 2. The SMILES string of the molecule is COc1ccccc1C(C)N(C)C(=O)CC1Sc2ccccc2NC1=O. The van der Waals surface area contributed by atoms with Crippen LogP contribution in [0.5, 0.6) is 5.75 Å². The Kier molecular flexibility index (Phi) is 5.52. The van der Waals surface area contributed by atoms with Gasteiger partial charge in [-0.05, 0) is 25.1 Å². The average molecular weight is 370 g/mol. The van der Waals surface area contributed by atoms with E-state index >= 15 is 0 Å². The highest BCUT2D eigenvalue weighted by molar-refractivity contribution is 8.01. The van der Waals surface area contributed by atoms with Gasteiger partial charge in [0.1, 0.15) is 5.75 Å². The van der Waals surface area contributed by atoms with Gasteiger partial charge in [-0.25, -0.2) is 0 Å². The number of fused-ring (bicyclic) bond motifs is 1. The van der Waals surface area contributed by atoms with Crippen LogP contribution in [-0.4, -0.2) is 36.1 Å². The van der Waals surface area contributed by atoms with Crippen molar-refractivity contribution in [3.05, 3.63) is 54.1 Å². The van der Waals surface area contributed by atoms with E-state index in [1.54, 1.807) is 19.1 Å². The first-order valence-electron chi connectivity index (χ1n) is 8.46. The van der Waals surface area contributed by atoms with Gasteiger partial charge >= 0.3 is 0 Å². The number of para-hydroxylation sites is 2. The molecule has 2 amide bonds. The molecular weight excluding hydrogens is 348 g/mol. The number of nitrogens with zero attached hydrogens (tertiary/aromatic N) is 1. The van der Waals surface area contributed by atoms with E-state index in [4.69, 9.17) is 4.74 Å². The van der Waals surface area contributed by atoms with E-state index in [-0.39, 0.29) is 24.3 Å². The molecule has 136 valence electrons. The van der Waals surface area contributed by atoms with Crippen LogP contribution in [0.3, 0.4) is 0 Å². The van der Waals surface area contributed by atoms with Crippen LogP contribution in [0.15, 0.2) is 53.4 Å². The van der Waals surface area contributed by atoms with E-state index in [0.717, 1.165) is 21.9 Å². The molecule has 2 atom stereocenters. The van der Waals surface area contributed by atoms with Gasteiger partial charge in [-0.2, -0.15) is 0 Å². The lowest BCUT2D eigenvalue weighted by Crippen LogP contribution is -2.36. The molecule has 0 fully saturated rings. The van der Waals surface area contributed by atoms with Gasteiger partial charge in [0.2, 0.25) is 11.8 Å². The molecule has 26 heavy (non-hydrogen) atoms. The molecule has 0 aromatic heterocycles. The summed E-state index contributed by atoms with van der Waals surface area (Å²) in [5.41, 5.74) is 1.75. The van der Waals surface area contributed by atoms with Gasteiger partial charge in [0, 0.05) is 23.9 Å². The number of carbonyl (C=O) groups excluding carboxylic acids is 2. The van der Waals surface area contributed by atoms with Crippen molar-refractivity contribution in [2.24, 2.45) is 0 Å². The van der Waals surface area contributed by atoms with E-state index in [1.807, 2.05) is 55.5 Å². The zero-order valence-electron chi connectivity index (χ0n) is 15.1. The fraction of sp³-hybridized carbons (Fsp3) is 0.300. The number of benzene rings is 2. The van der Waals surface area contributed by atoms with Crippen LogP contribution in [0, 0.1) is 0 Å². The molecule has 2 aromatic carbocycles. The predicted molar refractivity (Wildman–Crippen MR) is 104 cm³/mol. The monoisotopic (exact) mass is 370 g/mol. The minimum absolute atomic E-state index is 0.0737. The maximum absolute atomic E-state index is 12.8. The first-order valence-corrected chi connectivity index (χ1v) is 9.34. The van der Waals surface area contributed by atoms with Crippen molar-refractivity contribution < 1.29 is 14.3 Å². The van der Waals surface area contributed by atoms with Gasteiger partial charge < -0.3 is 15.0 Å². The molecule has 0 spiro atoms. The van der Waals surface area contributed by atoms with E-state index in [9.17, 15) is 9.59 Å². The number of amides is 2. The smallest absolute Gasteiger partial charge is 0.238 e. The van der Waals surface area contributed by atoms with Crippen molar-refractivity contribution >= 4 is 29.3 Å². The summed E-state index contributed by atoms with van der Waals surface area (Å²) in [6, 6.07) is 15.1. The molecule has 6 heteroatoms. The number of anilines is 1. The Labute approximate surface area is 157 Å².